The molecule has 0 fully saturated rings. The fraction of sp³-hybridized carbons (Fsp3) is 0.595. The summed E-state index contributed by atoms with van der Waals surface area (Å²) in [4.78, 5) is 0. The van der Waals surface area contributed by atoms with Crippen LogP contribution in [-0.4, -0.2) is 19.8 Å². The van der Waals surface area contributed by atoms with E-state index in [0.717, 1.165) is 12.0 Å². The number of unbranched alkanes of at least 4 members (excludes halogenated alkanes) is 15. The van der Waals surface area contributed by atoms with E-state index in [-0.39, 0.29) is 11.5 Å². The van der Waals surface area contributed by atoms with Crippen molar-refractivity contribution >= 4 is 0 Å². The van der Waals surface area contributed by atoms with E-state index in [1.54, 1.807) is 6.07 Å². The standard InChI is InChI=1S/C37H52FNO2/c1-2-3-4-5-6-7-8-9-10-11-12-13-14-15-16-20-25-40-31-35(32-41-30-33-21-18-17-19-22-33)24-23-34-26-36(29-39)28-37(38)27-34/h17-19,21-22,26-28,35H,2-16,20,25,30-32H2,1H3/t35-/m1/s1. The zero-order valence-corrected chi connectivity index (χ0v) is 25.5. The van der Waals surface area contributed by atoms with Crippen LogP contribution in [0.1, 0.15) is 126 Å². The molecular formula is C37H52FNO2. The first-order valence-electron chi connectivity index (χ1n) is 16.1. The van der Waals surface area contributed by atoms with Crippen molar-refractivity contribution in [3.8, 4) is 17.9 Å². The van der Waals surface area contributed by atoms with Gasteiger partial charge in [0, 0.05) is 12.2 Å². The molecule has 0 aliphatic heterocycles. The maximum absolute atomic E-state index is 13.8. The van der Waals surface area contributed by atoms with Gasteiger partial charge in [-0.25, -0.2) is 4.39 Å². The molecular weight excluding hydrogens is 509 g/mol. The minimum Gasteiger partial charge on any atom is -0.380 e. The van der Waals surface area contributed by atoms with Crippen LogP contribution in [-0.2, 0) is 16.1 Å². The van der Waals surface area contributed by atoms with E-state index in [2.05, 4.69) is 18.8 Å². The lowest BCUT2D eigenvalue weighted by atomic mass is 10.0. The van der Waals surface area contributed by atoms with Gasteiger partial charge >= 0.3 is 0 Å². The molecule has 0 saturated heterocycles. The van der Waals surface area contributed by atoms with Crippen molar-refractivity contribution in [2.45, 2.75) is 116 Å². The first-order chi connectivity index (χ1) is 20.2. The number of rotatable bonds is 23. The molecule has 1 atom stereocenters. The molecule has 0 aromatic heterocycles. The topological polar surface area (TPSA) is 42.2 Å². The lowest BCUT2D eigenvalue weighted by Crippen LogP contribution is -2.15. The molecule has 0 aliphatic carbocycles. The van der Waals surface area contributed by atoms with Crippen LogP contribution in [0.5, 0.6) is 0 Å². The molecule has 2 aromatic carbocycles. The molecule has 0 radical (unpaired) electrons. The summed E-state index contributed by atoms with van der Waals surface area (Å²) >= 11 is 0. The quantitative estimate of drug-likeness (QED) is 0.100. The molecule has 0 aliphatic rings. The number of ether oxygens (including phenoxy) is 2. The average molecular weight is 562 g/mol. The predicted molar refractivity (Wildman–Crippen MR) is 168 cm³/mol. The van der Waals surface area contributed by atoms with Crippen LogP contribution in [0.4, 0.5) is 4.39 Å². The Morgan fingerprint density at radius 3 is 1.80 bits per heavy atom. The minimum absolute atomic E-state index is 0.131. The smallest absolute Gasteiger partial charge is 0.125 e. The predicted octanol–water partition coefficient (Wildman–Crippen LogP) is 10.2. The van der Waals surface area contributed by atoms with Gasteiger partial charge in [-0.2, -0.15) is 5.26 Å². The monoisotopic (exact) mass is 561 g/mol. The third-order valence-electron chi connectivity index (χ3n) is 7.34. The lowest BCUT2D eigenvalue weighted by Gasteiger charge is -2.12. The third kappa shape index (κ3) is 18.4. The van der Waals surface area contributed by atoms with Gasteiger partial charge < -0.3 is 9.47 Å². The van der Waals surface area contributed by atoms with Gasteiger partial charge in [0.05, 0.1) is 37.4 Å². The van der Waals surface area contributed by atoms with Gasteiger partial charge in [0.25, 0.3) is 0 Å². The Morgan fingerprint density at radius 2 is 1.22 bits per heavy atom. The van der Waals surface area contributed by atoms with Crippen LogP contribution in [0.15, 0.2) is 48.5 Å². The second-order valence-corrected chi connectivity index (χ2v) is 11.2. The Morgan fingerprint density at radius 1 is 0.683 bits per heavy atom. The van der Waals surface area contributed by atoms with Crippen LogP contribution in [0.2, 0.25) is 0 Å². The molecule has 0 amide bonds. The van der Waals surface area contributed by atoms with Gasteiger partial charge in [0.2, 0.25) is 0 Å². The van der Waals surface area contributed by atoms with E-state index in [4.69, 9.17) is 14.7 Å². The highest BCUT2D eigenvalue weighted by molar-refractivity contribution is 5.42. The van der Waals surface area contributed by atoms with Gasteiger partial charge in [0.1, 0.15) is 5.82 Å². The van der Waals surface area contributed by atoms with E-state index in [1.165, 1.54) is 108 Å². The van der Waals surface area contributed by atoms with Crippen LogP contribution >= 0.6 is 0 Å². The number of halogens is 1. The fourth-order valence-corrected chi connectivity index (χ4v) is 4.91. The van der Waals surface area contributed by atoms with Crippen LogP contribution in [0.3, 0.4) is 0 Å². The maximum atomic E-state index is 13.8. The molecule has 0 saturated carbocycles. The van der Waals surface area contributed by atoms with Gasteiger partial charge in [0.15, 0.2) is 0 Å². The van der Waals surface area contributed by atoms with E-state index in [1.807, 2.05) is 36.4 Å². The van der Waals surface area contributed by atoms with E-state index < -0.39 is 5.82 Å². The highest BCUT2D eigenvalue weighted by atomic mass is 19.1. The average Bonchev–Trinajstić information content (AvgIpc) is 2.99. The SMILES string of the molecule is CCCCCCCCCCCCCCCCCCOC[C@@H](C#Cc1cc(F)cc(C#N)c1)COCc1ccccc1. The van der Waals surface area contributed by atoms with Crippen molar-refractivity contribution in [1.82, 2.24) is 0 Å². The summed E-state index contributed by atoms with van der Waals surface area (Å²) < 4.78 is 25.7. The number of hydrogen-bond acceptors (Lipinski definition) is 3. The Bertz CT molecular complexity index is 1020. The number of benzene rings is 2. The molecule has 4 heteroatoms. The fourth-order valence-electron chi connectivity index (χ4n) is 4.91. The number of nitrogens with zero attached hydrogens (tertiary/aromatic N) is 1. The lowest BCUT2D eigenvalue weighted by molar-refractivity contribution is 0.0507. The maximum Gasteiger partial charge on any atom is 0.125 e. The van der Waals surface area contributed by atoms with Crippen molar-refractivity contribution in [2.75, 3.05) is 19.8 Å². The zero-order valence-electron chi connectivity index (χ0n) is 25.5. The largest absolute Gasteiger partial charge is 0.380 e. The Kier molecular flexibility index (Phi) is 20.2. The molecule has 224 valence electrons. The van der Waals surface area contributed by atoms with Gasteiger partial charge in [-0.15, -0.1) is 0 Å². The minimum atomic E-state index is -0.454. The summed E-state index contributed by atoms with van der Waals surface area (Å²) in [7, 11) is 0. The summed E-state index contributed by atoms with van der Waals surface area (Å²) in [6.45, 7) is 4.41. The van der Waals surface area contributed by atoms with E-state index in [0.29, 0.717) is 32.0 Å². The van der Waals surface area contributed by atoms with Crippen molar-refractivity contribution < 1.29 is 13.9 Å². The van der Waals surface area contributed by atoms with Gasteiger partial charge in [-0.1, -0.05) is 145 Å². The molecule has 0 heterocycles. The highest BCUT2D eigenvalue weighted by Gasteiger charge is 2.07. The Hall–Kier alpha value is -2.66. The summed E-state index contributed by atoms with van der Waals surface area (Å²) in [6, 6.07) is 16.2. The molecule has 3 nitrogen and oxygen atoms in total. The summed E-state index contributed by atoms with van der Waals surface area (Å²) in [5.41, 5.74) is 1.87. The highest BCUT2D eigenvalue weighted by Crippen LogP contribution is 2.14. The van der Waals surface area contributed by atoms with Crippen LogP contribution in [0.25, 0.3) is 0 Å². The number of nitriles is 1. The molecule has 2 aromatic rings. The second kappa shape index (κ2) is 24.0. The molecule has 0 unspecified atom stereocenters. The third-order valence-corrected chi connectivity index (χ3v) is 7.34. The molecule has 41 heavy (non-hydrogen) atoms. The van der Waals surface area contributed by atoms with Gasteiger partial charge in [-0.3, -0.25) is 0 Å². The second-order valence-electron chi connectivity index (χ2n) is 11.2. The van der Waals surface area contributed by atoms with Crippen molar-refractivity contribution in [3.05, 3.63) is 71.0 Å². The van der Waals surface area contributed by atoms with Crippen molar-refractivity contribution in [2.24, 2.45) is 5.92 Å². The number of hydrogen-bond donors (Lipinski definition) is 0. The molecule has 0 N–H and O–H groups in total. The molecule has 0 spiro atoms. The summed E-state index contributed by atoms with van der Waals surface area (Å²) in [5.74, 6) is 5.61. The molecule has 0 bridgehead atoms. The Balaban J connectivity index is 1.57. The van der Waals surface area contributed by atoms with Crippen LogP contribution < -0.4 is 0 Å². The molecule has 2 rings (SSSR count). The van der Waals surface area contributed by atoms with E-state index in [9.17, 15) is 4.39 Å². The van der Waals surface area contributed by atoms with Crippen molar-refractivity contribution in [3.63, 3.8) is 0 Å². The van der Waals surface area contributed by atoms with Crippen LogP contribution in [0, 0.1) is 34.9 Å². The van der Waals surface area contributed by atoms with Gasteiger partial charge in [-0.05, 0) is 30.2 Å². The van der Waals surface area contributed by atoms with E-state index >= 15 is 0 Å². The van der Waals surface area contributed by atoms with Crippen molar-refractivity contribution in [1.29, 1.82) is 5.26 Å². The first kappa shape index (κ1) is 34.5. The first-order valence-corrected chi connectivity index (χ1v) is 16.1. The summed E-state index contributed by atoms with van der Waals surface area (Å²) in [6.07, 6.45) is 21.6. The normalized spacial score (nSPS) is 11.5. The Labute approximate surface area is 249 Å². The zero-order chi connectivity index (χ0) is 29.2. The summed E-state index contributed by atoms with van der Waals surface area (Å²) in [5, 5.41) is 9.10.